The maximum atomic E-state index is 14.2. The van der Waals surface area contributed by atoms with E-state index >= 15 is 0 Å². The summed E-state index contributed by atoms with van der Waals surface area (Å²) in [5.41, 5.74) is 1.17. The SMILES string of the molecule is CC(=O)N(c1nc(C=Cc2ccc3c(Cl)cc(Cl)c(O)c3n2)cs1)c1ccc(F)cc1F. The number of rotatable bonds is 4. The fourth-order valence-electron chi connectivity index (χ4n) is 3.01. The van der Waals surface area contributed by atoms with Crippen LogP contribution in [-0.4, -0.2) is 21.0 Å². The lowest BCUT2D eigenvalue weighted by molar-refractivity contribution is -0.115. The van der Waals surface area contributed by atoms with Crippen molar-refractivity contribution in [2.24, 2.45) is 0 Å². The summed E-state index contributed by atoms with van der Waals surface area (Å²) in [7, 11) is 0. The van der Waals surface area contributed by atoms with Crippen molar-refractivity contribution in [3.63, 3.8) is 0 Å². The second-order valence-corrected chi connectivity index (χ2v) is 8.31. The molecule has 2 aromatic carbocycles. The van der Waals surface area contributed by atoms with E-state index in [1.54, 1.807) is 29.7 Å². The van der Waals surface area contributed by atoms with Crippen LogP contribution in [-0.2, 0) is 4.79 Å². The van der Waals surface area contributed by atoms with Gasteiger partial charge in [-0.25, -0.2) is 18.7 Å². The van der Waals surface area contributed by atoms with Gasteiger partial charge in [0, 0.05) is 23.8 Å². The summed E-state index contributed by atoms with van der Waals surface area (Å²) in [5.74, 6) is -2.25. The first kappa shape index (κ1) is 22.1. The van der Waals surface area contributed by atoms with Crippen molar-refractivity contribution in [2.45, 2.75) is 6.92 Å². The van der Waals surface area contributed by atoms with Gasteiger partial charge in [-0.2, -0.15) is 0 Å². The Bertz CT molecular complexity index is 1390. The van der Waals surface area contributed by atoms with Crippen molar-refractivity contribution < 1.29 is 18.7 Å². The van der Waals surface area contributed by atoms with E-state index in [1.807, 2.05) is 0 Å². The Kier molecular flexibility index (Phi) is 6.10. The number of nitrogens with zero attached hydrogens (tertiary/aromatic N) is 3. The molecule has 1 N–H and O–H groups in total. The number of carbonyl (C=O) groups is 1. The molecular weight excluding hydrogens is 479 g/mol. The topological polar surface area (TPSA) is 66.3 Å². The van der Waals surface area contributed by atoms with Crippen LogP contribution in [0.5, 0.6) is 5.75 Å². The Morgan fingerprint density at radius 1 is 1.06 bits per heavy atom. The van der Waals surface area contributed by atoms with Crippen LogP contribution in [0.3, 0.4) is 0 Å². The first-order valence-electron chi connectivity index (χ1n) is 9.11. The molecule has 0 saturated carbocycles. The van der Waals surface area contributed by atoms with Gasteiger partial charge in [0.05, 0.1) is 27.1 Å². The minimum Gasteiger partial charge on any atom is -0.504 e. The second kappa shape index (κ2) is 8.82. The molecule has 10 heteroatoms. The Hall–Kier alpha value is -3.07. The summed E-state index contributed by atoms with van der Waals surface area (Å²) in [6.07, 6.45) is 3.31. The minimum atomic E-state index is -0.870. The molecule has 0 aliphatic heterocycles. The number of anilines is 2. The predicted octanol–water partition coefficient (Wildman–Crippen LogP) is 6.84. The van der Waals surface area contributed by atoms with Crippen LogP contribution in [0.4, 0.5) is 19.6 Å². The van der Waals surface area contributed by atoms with Gasteiger partial charge in [-0.05, 0) is 42.5 Å². The summed E-state index contributed by atoms with van der Waals surface area (Å²) in [6.45, 7) is 1.27. The number of amides is 1. The zero-order valence-corrected chi connectivity index (χ0v) is 18.6. The number of aromatic hydroxyl groups is 1. The number of carbonyl (C=O) groups excluding carboxylic acids is 1. The van der Waals surface area contributed by atoms with Crippen LogP contribution in [0.2, 0.25) is 10.0 Å². The molecule has 0 bridgehead atoms. The van der Waals surface area contributed by atoms with Crippen LogP contribution in [0.1, 0.15) is 18.3 Å². The van der Waals surface area contributed by atoms with Crippen molar-refractivity contribution in [1.29, 1.82) is 0 Å². The molecule has 1 amide bonds. The Balaban J connectivity index is 1.65. The monoisotopic (exact) mass is 491 g/mol. The zero-order valence-electron chi connectivity index (χ0n) is 16.3. The van der Waals surface area contributed by atoms with Crippen LogP contribution < -0.4 is 4.90 Å². The number of phenolic OH excluding ortho intramolecular Hbond substituents is 1. The molecular formula is C22H13Cl2F2N3O2S. The summed E-state index contributed by atoms with van der Waals surface area (Å²) >= 11 is 13.2. The van der Waals surface area contributed by atoms with Crippen molar-refractivity contribution in [3.8, 4) is 5.75 Å². The molecule has 32 heavy (non-hydrogen) atoms. The van der Waals surface area contributed by atoms with E-state index < -0.39 is 17.5 Å². The van der Waals surface area contributed by atoms with Gasteiger partial charge >= 0.3 is 0 Å². The Morgan fingerprint density at radius 2 is 1.81 bits per heavy atom. The molecule has 162 valence electrons. The molecule has 4 aromatic rings. The van der Waals surface area contributed by atoms with E-state index in [4.69, 9.17) is 23.2 Å². The van der Waals surface area contributed by atoms with E-state index in [9.17, 15) is 18.7 Å². The Morgan fingerprint density at radius 3 is 2.53 bits per heavy atom. The Labute approximate surface area is 195 Å². The van der Waals surface area contributed by atoms with Gasteiger partial charge in [0.2, 0.25) is 5.91 Å². The third kappa shape index (κ3) is 4.29. The van der Waals surface area contributed by atoms with E-state index in [0.717, 1.165) is 22.3 Å². The van der Waals surface area contributed by atoms with Gasteiger partial charge in [0.25, 0.3) is 0 Å². The summed E-state index contributed by atoms with van der Waals surface area (Å²) < 4.78 is 27.5. The third-order valence-electron chi connectivity index (χ3n) is 4.47. The molecule has 5 nitrogen and oxygen atoms in total. The molecule has 2 aromatic heterocycles. The number of fused-ring (bicyclic) bond motifs is 1. The average Bonchev–Trinajstić information content (AvgIpc) is 3.20. The van der Waals surface area contributed by atoms with Gasteiger partial charge < -0.3 is 5.11 Å². The largest absolute Gasteiger partial charge is 0.504 e. The predicted molar refractivity (Wildman–Crippen MR) is 124 cm³/mol. The first-order valence-corrected chi connectivity index (χ1v) is 10.7. The molecule has 0 saturated heterocycles. The highest BCUT2D eigenvalue weighted by atomic mass is 35.5. The molecule has 4 rings (SSSR count). The maximum Gasteiger partial charge on any atom is 0.230 e. The van der Waals surface area contributed by atoms with Gasteiger partial charge in [-0.1, -0.05) is 23.2 Å². The quantitative estimate of drug-likeness (QED) is 0.339. The summed E-state index contributed by atoms with van der Waals surface area (Å²) in [6, 6.07) is 7.83. The standard InChI is InChI=1S/C22H13Cl2F2N3O2S/c1-11(30)29(19-7-2-12(25)8-18(19)26)22-28-14(10-32-22)4-3-13-5-6-15-16(23)9-17(24)21(31)20(15)27-13/h2-10,31H,1H3. The van der Waals surface area contributed by atoms with Gasteiger partial charge in [0.15, 0.2) is 10.9 Å². The number of thiazole rings is 1. The zero-order chi connectivity index (χ0) is 23.0. The first-order chi connectivity index (χ1) is 15.2. The van der Waals surface area contributed by atoms with Gasteiger partial charge in [-0.15, -0.1) is 11.3 Å². The highest BCUT2D eigenvalue weighted by Crippen LogP contribution is 2.36. The molecule has 0 radical (unpaired) electrons. The lowest BCUT2D eigenvalue weighted by Crippen LogP contribution is -2.23. The highest BCUT2D eigenvalue weighted by Gasteiger charge is 2.21. The van der Waals surface area contributed by atoms with Crippen molar-refractivity contribution in [1.82, 2.24) is 9.97 Å². The molecule has 0 aliphatic rings. The highest BCUT2D eigenvalue weighted by molar-refractivity contribution is 7.14. The summed E-state index contributed by atoms with van der Waals surface area (Å²) in [5, 5.41) is 13.1. The number of hydrogen-bond donors (Lipinski definition) is 1. The molecule has 0 fully saturated rings. The average molecular weight is 492 g/mol. The van der Waals surface area contributed by atoms with Crippen LogP contribution in [0, 0.1) is 11.6 Å². The third-order valence-corrected chi connectivity index (χ3v) is 5.91. The molecule has 2 heterocycles. The number of halogens is 4. The van der Waals surface area contributed by atoms with E-state index in [1.165, 1.54) is 19.1 Å². The van der Waals surface area contributed by atoms with E-state index in [-0.39, 0.29) is 27.1 Å². The number of hydrogen-bond acceptors (Lipinski definition) is 5. The maximum absolute atomic E-state index is 14.2. The lowest BCUT2D eigenvalue weighted by Gasteiger charge is -2.18. The van der Waals surface area contributed by atoms with Crippen molar-refractivity contribution >= 4 is 74.3 Å². The van der Waals surface area contributed by atoms with Crippen molar-refractivity contribution in [2.75, 3.05) is 4.90 Å². The van der Waals surface area contributed by atoms with Crippen LogP contribution >= 0.6 is 34.5 Å². The van der Waals surface area contributed by atoms with E-state index in [2.05, 4.69) is 9.97 Å². The number of benzene rings is 2. The normalized spacial score (nSPS) is 11.4. The van der Waals surface area contributed by atoms with Crippen LogP contribution in [0.15, 0.2) is 41.8 Å². The smallest absolute Gasteiger partial charge is 0.230 e. The van der Waals surface area contributed by atoms with Gasteiger partial charge in [-0.3, -0.25) is 9.69 Å². The number of phenols is 1. The fourth-order valence-corrected chi connectivity index (χ4v) is 4.37. The minimum absolute atomic E-state index is 0.0933. The van der Waals surface area contributed by atoms with Crippen LogP contribution in [0.25, 0.3) is 23.1 Å². The molecule has 0 atom stereocenters. The molecule has 0 spiro atoms. The molecule has 0 unspecified atom stereocenters. The fraction of sp³-hybridized carbons (Fsp3) is 0.0455. The number of pyridine rings is 1. The summed E-state index contributed by atoms with van der Waals surface area (Å²) in [4.78, 5) is 21.9. The van der Waals surface area contributed by atoms with E-state index in [0.29, 0.717) is 27.9 Å². The number of aromatic nitrogens is 2. The second-order valence-electron chi connectivity index (χ2n) is 6.66. The molecule has 0 aliphatic carbocycles. The lowest BCUT2D eigenvalue weighted by atomic mass is 10.2. The van der Waals surface area contributed by atoms with Crippen molar-refractivity contribution in [3.05, 3.63) is 74.8 Å². The van der Waals surface area contributed by atoms with Gasteiger partial charge in [0.1, 0.15) is 17.2 Å².